The van der Waals surface area contributed by atoms with Crippen LogP contribution >= 0.6 is 12.6 Å². The topological polar surface area (TPSA) is 103 Å². The average molecular weight is 296 g/mol. The van der Waals surface area contributed by atoms with Gasteiger partial charge in [0.25, 0.3) is 0 Å². The van der Waals surface area contributed by atoms with Crippen molar-refractivity contribution in [3.05, 3.63) is 33.9 Å². The van der Waals surface area contributed by atoms with E-state index in [-0.39, 0.29) is 29.0 Å². The Kier molecular flexibility index (Phi) is 5.51. The van der Waals surface area contributed by atoms with E-state index in [4.69, 9.17) is 15.6 Å². The number of thiol groups is 1. The van der Waals surface area contributed by atoms with Gasteiger partial charge in [0, 0.05) is 18.2 Å². The van der Waals surface area contributed by atoms with Crippen molar-refractivity contribution in [2.75, 3.05) is 13.2 Å². The van der Waals surface area contributed by atoms with Crippen LogP contribution in [-0.2, 0) is 0 Å². The maximum Gasteiger partial charge on any atom is 0.310 e. The van der Waals surface area contributed by atoms with Crippen LogP contribution in [0.3, 0.4) is 0 Å². The Morgan fingerprint density at radius 1 is 1.45 bits per heavy atom. The summed E-state index contributed by atoms with van der Waals surface area (Å²) in [5.41, 5.74) is 0.284. The molecule has 8 heteroatoms. The van der Waals surface area contributed by atoms with E-state index in [2.05, 4.69) is 12.6 Å². The molecule has 0 saturated heterocycles. The van der Waals surface area contributed by atoms with Gasteiger partial charge in [-0.25, -0.2) is 0 Å². The maximum atomic E-state index is 10.9. The normalized spacial score (nSPS) is 9.95. The predicted molar refractivity (Wildman–Crippen MR) is 80.2 cm³/mol. The number of nitro benzene ring substituents is 1. The summed E-state index contributed by atoms with van der Waals surface area (Å²) in [6, 6.07) is 4.19. The minimum atomic E-state index is -0.531. The average Bonchev–Trinajstić information content (AvgIpc) is 2.39. The summed E-state index contributed by atoms with van der Waals surface area (Å²) in [7, 11) is 0. The molecule has 0 aliphatic carbocycles. The van der Waals surface area contributed by atoms with Crippen LogP contribution in [0.4, 0.5) is 5.69 Å². The Bertz CT molecular complexity index is 548. The zero-order chi connectivity index (χ0) is 15.3. The van der Waals surface area contributed by atoms with Gasteiger partial charge in [-0.2, -0.15) is 0 Å². The molecule has 0 atom stereocenters. The van der Waals surface area contributed by atoms with Crippen LogP contribution in [0.5, 0.6) is 5.75 Å². The van der Waals surface area contributed by atoms with E-state index in [0.717, 1.165) is 0 Å². The van der Waals surface area contributed by atoms with E-state index >= 15 is 0 Å². The van der Waals surface area contributed by atoms with Gasteiger partial charge in [-0.05, 0) is 26.0 Å². The summed E-state index contributed by atoms with van der Waals surface area (Å²) >= 11 is 3.91. The highest BCUT2D eigenvalue weighted by atomic mass is 32.1. The van der Waals surface area contributed by atoms with Crippen molar-refractivity contribution in [1.82, 2.24) is 4.90 Å². The highest BCUT2D eigenvalue weighted by Gasteiger charge is 2.19. The summed E-state index contributed by atoms with van der Waals surface area (Å²) in [6.07, 6.45) is 0. The first-order chi connectivity index (χ1) is 9.42. The second kappa shape index (κ2) is 6.90. The Labute approximate surface area is 122 Å². The molecule has 0 spiro atoms. The SMILES string of the molecule is CCOc1cc(C(=N)N(CC)C(=N)S)ccc1[N+](=O)[O-]. The number of hydrogen-bond donors (Lipinski definition) is 3. The van der Waals surface area contributed by atoms with Gasteiger partial charge in [0.1, 0.15) is 5.84 Å². The molecular weight excluding hydrogens is 280 g/mol. The van der Waals surface area contributed by atoms with Crippen molar-refractivity contribution in [3.8, 4) is 5.75 Å². The minimum Gasteiger partial charge on any atom is -0.487 e. The van der Waals surface area contributed by atoms with Crippen molar-refractivity contribution in [3.63, 3.8) is 0 Å². The lowest BCUT2D eigenvalue weighted by Crippen LogP contribution is -2.33. The number of ether oxygens (including phenoxy) is 1. The molecule has 0 aliphatic heterocycles. The van der Waals surface area contributed by atoms with E-state index in [1.54, 1.807) is 13.8 Å². The minimum absolute atomic E-state index is 0.0448. The molecule has 0 fully saturated rings. The van der Waals surface area contributed by atoms with Crippen LogP contribution in [0.1, 0.15) is 19.4 Å². The van der Waals surface area contributed by atoms with E-state index in [1.165, 1.54) is 23.1 Å². The van der Waals surface area contributed by atoms with Crippen LogP contribution < -0.4 is 4.74 Å². The standard InChI is InChI=1S/C12H16N4O3S/c1-3-15(12(14)20)11(13)8-5-6-9(16(17)18)10(7-8)19-4-2/h5-7,13H,3-4H2,1-2H3,(H2,14,20). The van der Waals surface area contributed by atoms with Crippen molar-refractivity contribution < 1.29 is 9.66 Å². The van der Waals surface area contributed by atoms with Crippen LogP contribution in [0, 0.1) is 20.9 Å². The second-order valence-electron chi connectivity index (χ2n) is 3.79. The zero-order valence-electron chi connectivity index (χ0n) is 11.2. The summed E-state index contributed by atoms with van der Waals surface area (Å²) in [5, 5.41) is 26.4. The second-order valence-corrected chi connectivity index (χ2v) is 4.21. The fourth-order valence-electron chi connectivity index (χ4n) is 1.65. The number of rotatable bonds is 5. The Balaban J connectivity index is 3.20. The van der Waals surface area contributed by atoms with Gasteiger partial charge in [-0.15, -0.1) is 12.6 Å². The first-order valence-corrected chi connectivity index (χ1v) is 6.42. The zero-order valence-corrected chi connectivity index (χ0v) is 12.1. The fourth-order valence-corrected chi connectivity index (χ4v) is 1.89. The molecule has 2 N–H and O–H groups in total. The molecule has 0 unspecified atom stereocenters. The monoisotopic (exact) mass is 296 g/mol. The number of amidine groups is 2. The molecular formula is C12H16N4O3S. The van der Waals surface area contributed by atoms with Crippen LogP contribution in [-0.4, -0.2) is 34.0 Å². The molecule has 0 amide bonds. The number of nitro groups is 1. The molecule has 0 aliphatic rings. The number of nitrogens with zero attached hydrogens (tertiary/aromatic N) is 2. The molecule has 0 radical (unpaired) electrons. The molecule has 1 aromatic carbocycles. The van der Waals surface area contributed by atoms with E-state index in [0.29, 0.717) is 12.1 Å². The highest BCUT2D eigenvalue weighted by Crippen LogP contribution is 2.28. The van der Waals surface area contributed by atoms with Gasteiger partial charge in [0.2, 0.25) is 0 Å². The fraction of sp³-hybridized carbons (Fsp3) is 0.333. The van der Waals surface area contributed by atoms with Gasteiger partial charge >= 0.3 is 5.69 Å². The smallest absolute Gasteiger partial charge is 0.310 e. The number of nitrogens with one attached hydrogen (secondary N) is 2. The summed E-state index contributed by atoms with van der Waals surface area (Å²) < 4.78 is 5.23. The highest BCUT2D eigenvalue weighted by molar-refractivity contribution is 7.96. The van der Waals surface area contributed by atoms with Crippen molar-refractivity contribution in [1.29, 1.82) is 10.8 Å². The third-order valence-electron chi connectivity index (χ3n) is 2.57. The summed E-state index contributed by atoms with van der Waals surface area (Å²) in [4.78, 5) is 11.7. The molecule has 108 valence electrons. The number of benzene rings is 1. The molecule has 0 heterocycles. The molecule has 7 nitrogen and oxygen atoms in total. The van der Waals surface area contributed by atoms with E-state index in [1.807, 2.05) is 0 Å². The van der Waals surface area contributed by atoms with Gasteiger partial charge in [-0.3, -0.25) is 20.9 Å². The Hall–Kier alpha value is -2.09. The molecule has 20 heavy (non-hydrogen) atoms. The predicted octanol–water partition coefficient (Wildman–Crippen LogP) is 2.51. The molecule has 0 bridgehead atoms. The van der Waals surface area contributed by atoms with Gasteiger partial charge in [0.15, 0.2) is 10.9 Å². The largest absolute Gasteiger partial charge is 0.487 e. The van der Waals surface area contributed by atoms with E-state index < -0.39 is 4.92 Å². The molecule has 0 aromatic heterocycles. The van der Waals surface area contributed by atoms with Gasteiger partial charge in [-0.1, -0.05) is 0 Å². The number of hydrogen-bond acceptors (Lipinski definition) is 5. The summed E-state index contributed by atoms with van der Waals surface area (Å²) in [5.74, 6) is 0.157. The quantitative estimate of drug-likeness (QED) is 0.255. The Morgan fingerprint density at radius 3 is 2.55 bits per heavy atom. The molecule has 1 rings (SSSR count). The first-order valence-electron chi connectivity index (χ1n) is 5.97. The lowest BCUT2D eigenvalue weighted by atomic mass is 10.1. The van der Waals surface area contributed by atoms with Crippen LogP contribution in [0.25, 0.3) is 0 Å². The lowest BCUT2D eigenvalue weighted by Gasteiger charge is -2.21. The Morgan fingerprint density at radius 2 is 2.10 bits per heavy atom. The van der Waals surface area contributed by atoms with Gasteiger partial charge < -0.3 is 9.64 Å². The lowest BCUT2D eigenvalue weighted by molar-refractivity contribution is -0.385. The van der Waals surface area contributed by atoms with E-state index in [9.17, 15) is 10.1 Å². The third kappa shape index (κ3) is 3.47. The van der Waals surface area contributed by atoms with Crippen LogP contribution in [0.2, 0.25) is 0 Å². The van der Waals surface area contributed by atoms with Crippen molar-refractivity contribution >= 4 is 29.3 Å². The van der Waals surface area contributed by atoms with Crippen molar-refractivity contribution in [2.45, 2.75) is 13.8 Å². The molecule has 0 saturated carbocycles. The van der Waals surface area contributed by atoms with Gasteiger partial charge in [0.05, 0.1) is 11.5 Å². The van der Waals surface area contributed by atoms with Crippen molar-refractivity contribution in [2.24, 2.45) is 0 Å². The first kappa shape index (κ1) is 16.0. The molecule has 1 aromatic rings. The van der Waals surface area contributed by atoms with Crippen LogP contribution in [0.15, 0.2) is 18.2 Å². The third-order valence-corrected chi connectivity index (χ3v) is 2.81. The summed E-state index contributed by atoms with van der Waals surface area (Å²) in [6.45, 7) is 4.21. The maximum absolute atomic E-state index is 10.9.